The Morgan fingerprint density at radius 3 is 2.85 bits per heavy atom. The standard InChI is InChI=1S/C9H12N2O2/c1-3-8-7(6-12)5-10-9(11-8)13-4-2/h5-6H,3-4H2,1-2H3. The molecule has 13 heavy (non-hydrogen) atoms. The van der Waals surface area contributed by atoms with E-state index >= 15 is 0 Å². The molecule has 70 valence electrons. The maximum Gasteiger partial charge on any atom is 0.316 e. The molecule has 0 saturated carbocycles. The van der Waals surface area contributed by atoms with Gasteiger partial charge in [0.2, 0.25) is 0 Å². The van der Waals surface area contributed by atoms with Crippen molar-refractivity contribution in [2.45, 2.75) is 20.3 Å². The number of aromatic nitrogens is 2. The number of ether oxygens (including phenoxy) is 1. The Bertz CT molecular complexity index is 300. The number of hydrogen-bond donors (Lipinski definition) is 0. The number of carbonyl (C=O) groups is 1. The Hall–Kier alpha value is -1.45. The molecule has 0 aliphatic heterocycles. The number of carbonyl (C=O) groups excluding carboxylic acids is 1. The monoisotopic (exact) mass is 180 g/mol. The smallest absolute Gasteiger partial charge is 0.316 e. The molecule has 4 heteroatoms. The van der Waals surface area contributed by atoms with Gasteiger partial charge in [0.15, 0.2) is 6.29 Å². The minimum absolute atomic E-state index is 0.338. The molecule has 1 aromatic heterocycles. The van der Waals surface area contributed by atoms with Gasteiger partial charge in [-0.2, -0.15) is 4.98 Å². The molecule has 1 aromatic rings. The van der Waals surface area contributed by atoms with Crippen LogP contribution in [-0.2, 0) is 6.42 Å². The molecule has 0 aliphatic rings. The number of nitrogens with zero attached hydrogens (tertiary/aromatic N) is 2. The van der Waals surface area contributed by atoms with Gasteiger partial charge in [-0.05, 0) is 13.3 Å². The second kappa shape index (κ2) is 4.54. The fraction of sp³-hybridized carbons (Fsp3) is 0.444. The highest BCUT2D eigenvalue weighted by atomic mass is 16.5. The Morgan fingerprint density at radius 1 is 1.54 bits per heavy atom. The summed E-state index contributed by atoms with van der Waals surface area (Å²) in [6.07, 6.45) is 2.95. The van der Waals surface area contributed by atoms with Crippen LogP contribution < -0.4 is 4.74 Å². The summed E-state index contributed by atoms with van der Waals surface area (Å²) in [4.78, 5) is 18.5. The van der Waals surface area contributed by atoms with Crippen LogP contribution in [0.1, 0.15) is 29.9 Å². The number of hydrogen-bond acceptors (Lipinski definition) is 4. The maximum absolute atomic E-state index is 10.5. The van der Waals surface area contributed by atoms with E-state index in [9.17, 15) is 4.79 Å². The van der Waals surface area contributed by atoms with Crippen molar-refractivity contribution in [2.24, 2.45) is 0 Å². The van der Waals surface area contributed by atoms with Crippen LogP contribution in [0.5, 0.6) is 6.01 Å². The van der Waals surface area contributed by atoms with E-state index < -0.39 is 0 Å². The van der Waals surface area contributed by atoms with E-state index in [-0.39, 0.29) is 0 Å². The quantitative estimate of drug-likeness (QED) is 0.654. The molecule has 0 saturated heterocycles. The van der Waals surface area contributed by atoms with Crippen molar-refractivity contribution >= 4 is 6.29 Å². The lowest BCUT2D eigenvalue weighted by atomic mass is 10.2. The van der Waals surface area contributed by atoms with Crippen LogP contribution in [0.15, 0.2) is 6.20 Å². The highest BCUT2D eigenvalue weighted by Gasteiger charge is 2.04. The van der Waals surface area contributed by atoms with Crippen LogP contribution in [0.4, 0.5) is 0 Å². The first-order valence-corrected chi connectivity index (χ1v) is 4.25. The van der Waals surface area contributed by atoms with Gasteiger partial charge in [-0.1, -0.05) is 6.92 Å². The largest absolute Gasteiger partial charge is 0.464 e. The molecule has 0 unspecified atom stereocenters. The van der Waals surface area contributed by atoms with Gasteiger partial charge < -0.3 is 4.74 Å². The van der Waals surface area contributed by atoms with Crippen molar-refractivity contribution in [3.63, 3.8) is 0 Å². The molecule has 1 rings (SSSR count). The first-order valence-electron chi connectivity index (χ1n) is 4.25. The van der Waals surface area contributed by atoms with E-state index in [2.05, 4.69) is 9.97 Å². The van der Waals surface area contributed by atoms with Crippen LogP contribution in [0.2, 0.25) is 0 Å². The van der Waals surface area contributed by atoms with Crippen LogP contribution in [0.25, 0.3) is 0 Å². The van der Waals surface area contributed by atoms with E-state index in [4.69, 9.17) is 4.74 Å². The molecular formula is C9H12N2O2. The minimum atomic E-state index is 0.338. The molecule has 1 heterocycles. The fourth-order valence-electron chi connectivity index (χ4n) is 0.988. The van der Waals surface area contributed by atoms with Crippen molar-refractivity contribution in [3.8, 4) is 6.01 Å². The summed E-state index contributed by atoms with van der Waals surface area (Å²) >= 11 is 0. The third-order valence-electron chi connectivity index (χ3n) is 1.61. The summed E-state index contributed by atoms with van der Waals surface area (Å²) in [6.45, 7) is 4.33. The summed E-state index contributed by atoms with van der Waals surface area (Å²) in [5, 5.41) is 0. The number of aldehydes is 1. The predicted octanol–water partition coefficient (Wildman–Crippen LogP) is 1.25. The zero-order valence-corrected chi connectivity index (χ0v) is 7.78. The van der Waals surface area contributed by atoms with Gasteiger partial charge in [0.05, 0.1) is 17.9 Å². The van der Waals surface area contributed by atoms with Crippen molar-refractivity contribution in [1.29, 1.82) is 0 Å². The predicted molar refractivity (Wildman–Crippen MR) is 48.0 cm³/mol. The normalized spacial score (nSPS) is 9.69. The van der Waals surface area contributed by atoms with Crippen LogP contribution in [0, 0.1) is 0 Å². The molecule has 0 aromatic carbocycles. The molecule has 0 N–H and O–H groups in total. The van der Waals surface area contributed by atoms with Gasteiger partial charge >= 0.3 is 6.01 Å². The topological polar surface area (TPSA) is 52.1 Å². The van der Waals surface area contributed by atoms with Crippen LogP contribution >= 0.6 is 0 Å². The van der Waals surface area contributed by atoms with Gasteiger partial charge in [-0.3, -0.25) is 4.79 Å². The maximum atomic E-state index is 10.5. The molecule has 0 bridgehead atoms. The van der Waals surface area contributed by atoms with Crippen molar-refractivity contribution in [1.82, 2.24) is 9.97 Å². The highest BCUT2D eigenvalue weighted by Crippen LogP contribution is 2.08. The molecule has 0 atom stereocenters. The molecule has 0 spiro atoms. The first kappa shape index (κ1) is 9.64. The van der Waals surface area contributed by atoms with E-state index in [1.807, 2.05) is 13.8 Å². The van der Waals surface area contributed by atoms with E-state index in [0.717, 1.165) is 12.0 Å². The highest BCUT2D eigenvalue weighted by molar-refractivity contribution is 5.75. The molecule has 4 nitrogen and oxygen atoms in total. The van der Waals surface area contributed by atoms with Gasteiger partial charge in [0.25, 0.3) is 0 Å². The van der Waals surface area contributed by atoms with Gasteiger partial charge in [0.1, 0.15) is 0 Å². The molecule has 0 fully saturated rings. The lowest BCUT2D eigenvalue weighted by Gasteiger charge is -2.03. The van der Waals surface area contributed by atoms with Crippen molar-refractivity contribution < 1.29 is 9.53 Å². The summed E-state index contributed by atoms with van der Waals surface area (Å²) in [6, 6.07) is 0.338. The second-order valence-electron chi connectivity index (χ2n) is 2.46. The molecular weight excluding hydrogens is 168 g/mol. The Morgan fingerprint density at radius 2 is 2.31 bits per heavy atom. The van der Waals surface area contributed by atoms with Crippen molar-refractivity contribution in [3.05, 3.63) is 17.5 Å². The Kier molecular flexibility index (Phi) is 3.37. The Labute approximate surface area is 77.0 Å². The van der Waals surface area contributed by atoms with E-state index in [1.54, 1.807) is 0 Å². The Balaban J connectivity index is 2.98. The zero-order chi connectivity index (χ0) is 9.68. The van der Waals surface area contributed by atoms with E-state index in [0.29, 0.717) is 24.6 Å². The number of rotatable bonds is 4. The summed E-state index contributed by atoms with van der Waals surface area (Å²) < 4.78 is 5.11. The molecule has 0 amide bonds. The summed E-state index contributed by atoms with van der Waals surface area (Å²) in [7, 11) is 0. The van der Waals surface area contributed by atoms with Crippen LogP contribution in [0.3, 0.4) is 0 Å². The lowest BCUT2D eigenvalue weighted by Crippen LogP contribution is -2.02. The summed E-state index contributed by atoms with van der Waals surface area (Å²) in [5.74, 6) is 0. The minimum Gasteiger partial charge on any atom is -0.464 e. The lowest BCUT2D eigenvalue weighted by molar-refractivity contribution is 0.112. The van der Waals surface area contributed by atoms with Gasteiger partial charge in [-0.15, -0.1) is 0 Å². The summed E-state index contributed by atoms with van der Waals surface area (Å²) in [5.41, 5.74) is 1.26. The zero-order valence-electron chi connectivity index (χ0n) is 7.78. The third kappa shape index (κ3) is 2.24. The van der Waals surface area contributed by atoms with E-state index in [1.165, 1.54) is 6.20 Å². The average Bonchev–Trinajstić information content (AvgIpc) is 2.18. The van der Waals surface area contributed by atoms with Gasteiger partial charge in [-0.25, -0.2) is 4.98 Å². The SMILES string of the molecule is CCOc1ncc(C=O)c(CC)n1. The van der Waals surface area contributed by atoms with Crippen molar-refractivity contribution in [2.75, 3.05) is 6.61 Å². The number of aryl methyl sites for hydroxylation is 1. The molecule has 0 aliphatic carbocycles. The third-order valence-corrected chi connectivity index (χ3v) is 1.61. The van der Waals surface area contributed by atoms with Crippen LogP contribution in [-0.4, -0.2) is 22.9 Å². The van der Waals surface area contributed by atoms with Gasteiger partial charge in [0, 0.05) is 6.20 Å². The second-order valence-corrected chi connectivity index (χ2v) is 2.46. The fourth-order valence-corrected chi connectivity index (χ4v) is 0.988. The first-order chi connectivity index (χ1) is 6.31. The molecule has 0 radical (unpaired) electrons. The average molecular weight is 180 g/mol.